The predicted molar refractivity (Wildman–Crippen MR) is 142 cm³/mol. The zero-order valence-corrected chi connectivity index (χ0v) is 19.8. The minimum atomic E-state index is -2.78. The van der Waals surface area contributed by atoms with Gasteiger partial charge in [-0.2, -0.15) is 0 Å². The Labute approximate surface area is 204 Å². The van der Waals surface area contributed by atoms with Crippen molar-refractivity contribution in [3.63, 3.8) is 0 Å². The van der Waals surface area contributed by atoms with Crippen molar-refractivity contribution in [1.29, 1.82) is 0 Å². The van der Waals surface area contributed by atoms with Crippen LogP contribution < -0.4 is 25.5 Å². The lowest BCUT2D eigenvalue weighted by molar-refractivity contribution is -0.384. The molecule has 0 N–H and O–H groups in total. The van der Waals surface area contributed by atoms with Gasteiger partial charge in [-0.1, -0.05) is 103 Å². The van der Waals surface area contributed by atoms with E-state index in [9.17, 15) is 10.1 Å². The first-order chi connectivity index (χ1) is 17.2. The molecule has 0 aromatic heterocycles. The predicted octanol–water partition coefficient (Wildman–Crippen LogP) is 4.74. The molecule has 5 aromatic carbocycles. The molecule has 168 valence electrons. The number of hydrogen-bond acceptors (Lipinski definition) is 3. The van der Waals surface area contributed by atoms with E-state index in [1.165, 1.54) is 15.6 Å². The maximum atomic E-state index is 11.8. The van der Waals surface area contributed by atoms with Crippen LogP contribution >= 0.6 is 0 Å². The molecule has 35 heavy (non-hydrogen) atoms. The van der Waals surface area contributed by atoms with Crippen molar-refractivity contribution in [2.45, 2.75) is 0 Å². The molecule has 0 amide bonds. The first kappa shape index (κ1) is 21.1. The molecule has 0 radical (unpaired) electrons. The van der Waals surface area contributed by atoms with Gasteiger partial charge in [0.1, 0.15) is 11.5 Å². The van der Waals surface area contributed by atoms with Crippen molar-refractivity contribution < 1.29 is 9.66 Å². The van der Waals surface area contributed by atoms with Gasteiger partial charge in [-0.15, -0.1) is 0 Å². The minimum Gasteiger partial charge on any atom is -0.458 e. The van der Waals surface area contributed by atoms with Crippen LogP contribution in [0.3, 0.4) is 0 Å². The second-order valence-corrected chi connectivity index (χ2v) is 12.3. The van der Waals surface area contributed by atoms with Gasteiger partial charge in [0, 0.05) is 6.07 Å². The van der Waals surface area contributed by atoms with Gasteiger partial charge in [0.05, 0.1) is 10.5 Å². The standard InChI is InChI=1S/C30H21NO3Si/c32-31(33)26-16-8-7-15-25(26)22-19-20-28-30(21-22)35(23-11-3-1-4-12-23,24-13-5-2-6-14-24)29-18-10-9-17-27(29)34-28/h1-21H. The third-order valence-corrected chi connectivity index (χ3v) is 11.5. The number of hydrogen-bond donors (Lipinski definition) is 0. The molecule has 1 aliphatic heterocycles. The number of ether oxygens (including phenoxy) is 1. The van der Waals surface area contributed by atoms with E-state index in [2.05, 4.69) is 66.7 Å². The number of nitrogens with zero attached hydrogens (tertiary/aromatic N) is 1. The molecule has 0 fully saturated rings. The number of nitro groups is 1. The maximum absolute atomic E-state index is 11.8. The summed E-state index contributed by atoms with van der Waals surface area (Å²) in [5.41, 5.74) is 1.50. The Morgan fingerprint density at radius 2 is 1.17 bits per heavy atom. The average molecular weight is 472 g/mol. The minimum absolute atomic E-state index is 0.0938. The number of benzene rings is 5. The van der Waals surface area contributed by atoms with Crippen molar-refractivity contribution in [3.05, 3.63) is 138 Å². The SMILES string of the molecule is O=[N+]([O-])c1ccccc1-c1ccc2c(c1)[Si](c1ccccc1)(c1ccccc1)c1ccccc1O2. The Kier molecular flexibility index (Phi) is 5.05. The molecule has 0 bridgehead atoms. The van der Waals surface area contributed by atoms with E-state index >= 15 is 0 Å². The maximum Gasteiger partial charge on any atom is 0.277 e. The van der Waals surface area contributed by atoms with Gasteiger partial charge in [-0.3, -0.25) is 10.1 Å². The molecular weight excluding hydrogens is 450 g/mol. The number of nitro benzene ring substituents is 1. The molecule has 4 nitrogen and oxygen atoms in total. The quantitative estimate of drug-likeness (QED) is 0.212. The van der Waals surface area contributed by atoms with E-state index in [4.69, 9.17) is 4.74 Å². The summed E-state index contributed by atoms with van der Waals surface area (Å²) in [6, 6.07) is 42.3. The van der Waals surface area contributed by atoms with Crippen LogP contribution in [0.2, 0.25) is 0 Å². The first-order valence-electron chi connectivity index (χ1n) is 11.5. The Hall–Kier alpha value is -4.48. The van der Waals surface area contributed by atoms with Crippen molar-refractivity contribution in [2.24, 2.45) is 0 Å². The highest BCUT2D eigenvalue weighted by atomic mass is 28.3. The first-order valence-corrected chi connectivity index (χ1v) is 13.5. The normalized spacial score (nSPS) is 13.3. The van der Waals surface area contributed by atoms with E-state index in [-0.39, 0.29) is 10.6 Å². The van der Waals surface area contributed by atoms with Crippen molar-refractivity contribution in [1.82, 2.24) is 0 Å². The Balaban J connectivity index is 1.73. The zero-order chi connectivity index (χ0) is 23.8. The number of fused-ring (bicyclic) bond motifs is 2. The summed E-state index contributed by atoms with van der Waals surface area (Å²) < 4.78 is 6.45. The van der Waals surface area contributed by atoms with Crippen LogP contribution in [0.25, 0.3) is 11.1 Å². The molecule has 0 saturated heterocycles. The van der Waals surface area contributed by atoms with Gasteiger partial charge in [0.25, 0.3) is 5.69 Å². The van der Waals surface area contributed by atoms with Gasteiger partial charge in [0.15, 0.2) is 8.07 Å². The van der Waals surface area contributed by atoms with Crippen LogP contribution in [0.1, 0.15) is 0 Å². The summed E-state index contributed by atoms with van der Waals surface area (Å²) >= 11 is 0. The fourth-order valence-electron chi connectivity index (χ4n) is 5.25. The zero-order valence-electron chi connectivity index (χ0n) is 18.8. The fourth-order valence-corrected chi connectivity index (χ4v) is 10.2. The van der Waals surface area contributed by atoms with Crippen molar-refractivity contribution in [2.75, 3.05) is 0 Å². The van der Waals surface area contributed by atoms with E-state index in [0.29, 0.717) is 5.56 Å². The number of para-hydroxylation sites is 2. The lowest BCUT2D eigenvalue weighted by atomic mass is 10.0. The smallest absolute Gasteiger partial charge is 0.277 e. The molecule has 0 aliphatic carbocycles. The fraction of sp³-hybridized carbons (Fsp3) is 0. The van der Waals surface area contributed by atoms with E-state index in [1.807, 2.05) is 48.5 Å². The molecule has 5 heteroatoms. The topological polar surface area (TPSA) is 52.4 Å². The molecule has 1 heterocycles. The van der Waals surface area contributed by atoms with Gasteiger partial charge in [-0.05, 0) is 44.5 Å². The van der Waals surface area contributed by atoms with Crippen LogP contribution in [0.15, 0.2) is 127 Å². The summed E-state index contributed by atoms with van der Waals surface area (Å²) in [4.78, 5) is 11.5. The van der Waals surface area contributed by atoms with E-state index in [0.717, 1.165) is 22.2 Å². The van der Waals surface area contributed by atoms with Gasteiger partial charge >= 0.3 is 0 Å². The molecule has 0 atom stereocenters. The average Bonchev–Trinajstić information content (AvgIpc) is 2.92. The van der Waals surface area contributed by atoms with Gasteiger partial charge in [0.2, 0.25) is 0 Å². The van der Waals surface area contributed by atoms with Gasteiger partial charge in [-0.25, -0.2) is 0 Å². The van der Waals surface area contributed by atoms with Crippen LogP contribution in [0.5, 0.6) is 11.5 Å². The van der Waals surface area contributed by atoms with Crippen LogP contribution in [0, 0.1) is 10.1 Å². The summed E-state index contributed by atoms with van der Waals surface area (Å²) in [6.07, 6.45) is 0. The van der Waals surface area contributed by atoms with Crippen molar-refractivity contribution >= 4 is 34.5 Å². The molecule has 5 aromatic rings. The van der Waals surface area contributed by atoms with Crippen LogP contribution in [-0.4, -0.2) is 13.0 Å². The summed E-state index contributed by atoms with van der Waals surface area (Å²) in [7, 11) is -2.78. The van der Waals surface area contributed by atoms with Crippen LogP contribution in [0.4, 0.5) is 5.69 Å². The lowest BCUT2D eigenvalue weighted by Gasteiger charge is -2.39. The molecular formula is C30H21NO3Si. The second-order valence-electron chi connectivity index (χ2n) is 8.57. The third-order valence-electron chi connectivity index (χ3n) is 6.72. The molecule has 0 spiro atoms. The highest BCUT2D eigenvalue weighted by Gasteiger charge is 2.48. The Bertz CT molecular complexity index is 1510. The third kappa shape index (κ3) is 3.28. The highest BCUT2D eigenvalue weighted by molar-refractivity contribution is 7.20. The summed E-state index contributed by atoms with van der Waals surface area (Å²) in [5.74, 6) is 1.66. The summed E-state index contributed by atoms with van der Waals surface area (Å²) in [5, 5.41) is 16.5. The molecule has 6 rings (SSSR count). The van der Waals surface area contributed by atoms with Gasteiger partial charge < -0.3 is 4.74 Å². The lowest BCUT2D eigenvalue weighted by Crippen LogP contribution is -2.76. The number of rotatable bonds is 4. The molecule has 0 saturated carbocycles. The highest BCUT2D eigenvalue weighted by Crippen LogP contribution is 2.34. The molecule has 1 aliphatic rings. The van der Waals surface area contributed by atoms with E-state index in [1.54, 1.807) is 12.1 Å². The summed E-state index contributed by atoms with van der Waals surface area (Å²) in [6.45, 7) is 0. The molecule has 0 unspecified atom stereocenters. The Morgan fingerprint density at radius 3 is 1.86 bits per heavy atom. The second kappa shape index (κ2) is 8.38. The van der Waals surface area contributed by atoms with Crippen LogP contribution in [-0.2, 0) is 0 Å². The van der Waals surface area contributed by atoms with Crippen molar-refractivity contribution in [3.8, 4) is 22.6 Å². The Morgan fingerprint density at radius 1 is 0.600 bits per heavy atom. The largest absolute Gasteiger partial charge is 0.458 e. The van der Waals surface area contributed by atoms with E-state index < -0.39 is 8.07 Å². The monoisotopic (exact) mass is 471 g/mol.